The van der Waals surface area contributed by atoms with Crippen LogP contribution >= 0.6 is 24.0 Å². The van der Waals surface area contributed by atoms with Gasteiger partial charge in [-0.2, -0.15) is 0 Å². The summed E-state index contributed by atoms with van der Waals surface area (Å²) in [6.45, 7) is 2.99. The van der Waals surface area contributed by atoms with Crippen molar-refractivity contribution < 1.29 is 18.7 Å². The van der Waals surface area contributed by atoms with Crippen molar-refractivity contribution in [1.29, 1.82) is 0 Å². The predicted molar refractivity (Wildman–Crippen MR) is 114 cm³/mol. The number of methoxy groups -OCH3 is 1. The van der Waals surface area contributed by atoms with Gasteiger partial charge in [0.15, 0.2) is 5.96 Å². The third kappa shape index (κ3) is 7.90. The third-order valence-corrected chi connectivity index (χ3v) is 4.48. The number of carbonyl (C=O) groups excluding carboxylic acids is 1. The van der Waals surface area contributed by atoms with Crippen molar-refractivity contribution in [3.63, 3.8) is 0 Å². The number of carbonyl (C=O) groups is 1. The largest absolute Gasteiger partial charge is 0.494 e. The minimum atomic E-state index is -0.261. The Kier molecular flexibility index (Phi) is 11.1. The first-order valence-corrected chi connectivity index (χ1v) is 9.06. The summed E-state index contributed by atoms with van der Waals surface area (Å²) in [6, 6.07) is 6.05. The molecule has 1 saturated heterocycles. The number of hydrogen-bond acceptors (Lipinski definition) is 4. The van der Waals surface area contributed by atoms with Gasteiger partial charge in [-0.15, -0.1) is 24.0 Å². The van der Waals surface area contributed by atoms with Crippen LogP contribution in [0.15, 0.2) is 29.3 Å². The van der Waals surface area contributed by atoms with E-state index in [4.69, 9.17) is 9.47 Å². The molecule has 6 nitrogen and oxygen atoms in total. The van der Waals surface area contributed by atoms with E-state index in [9.17, 15) is 9.18 Å². The Morgan fingerprint density at radius 1 is 1.26 bits per heavy atom. The van der Waals surface area contributed by atoms with Crippen LogP contribution < -0.4 is 10.1 Å². The molecule has 0 aliphatic carbocycles. The number of nitrogens with one attached hydrogen (secondary N) is 1. The molecule has 152 valence electrons. The van der Waals surface area contributed by atoms with Gasteiger partial charge < -0.3 is 19.7 Å². The van der Waals surface area contributed by atoms with Crippen LogP contribution in [-0.4, -0.2) is 57.2 Å². The second-order valence-electron chi connectivity index (χ2n) is 6.27. The summed E-state index contributed by atoms with van der Waals surface area (Å²) in [5, 5.41) is 3.36. The number of piperidine rings is 1. The van der Waals surface area contributed by atoms with Crippen LogP contribution in [0.2, 0.25) is 0 Å². The van der Waals surface area contributed by atoms with Crippen LogP contribution in [0.4, 0.5) is 4.39 Å². The second kappa shape index (κ2) is 12.7. The highest BCUT2D eigenvalue weighted by Crippen LogP contribution is 2.18. The summed E-state index contributed by atoms with van der Waals surface area (Å²) in [5.74, 6) is 1.17. The molecule has 2 rings (SSSR count). The van der Waals surface area contributed by atoms with Gasteiger partial charge in [-0.3, -0.25) is 9.79 Å². The number of likely N-dealkylation sites (tertiary alicyclic amines) is 1. The fourth-order valence-electron chi connectivity index (χ4n) is 2.97. The van der Waals surface area contributed by atoms with Gasteiger partial charge in [0.2, 0.25) is 0 Å². The molecular formula is C19H29FIN3O3. The topological polar surface area (TPSA) is 63.2 Å². The van der Waals surface area contributed by atoms with E-state index in [0.29, 0.717) is 12.4 Å². The van der Waals surface area contributed by atoms with Crippen molar-refractivity contribution in [3.05, 3.63) is 30.1 Å². The van der Waals surface area contributed by atoms with E-state index in [1.807, 2.05) is 0 Å². The first kappa shape index (κ1) is 23.5. The fraction of sp³-hybridized carbons (Fsp3) is 0.579. The number of nitrogens with zero attached hydrogens (tertiary/aromatic N) is 2. The zero-order valence-corrected chi connectivity index (χ0v) is 18.3. The van der Waals surface area contributed by atoms with Crippen LogP contribution in [0.25, 0.3) is 0 Å². The van der Waals surface area contributed by atoms with E-state index in [1.54, 1.807) is 19.2 Å². The maximum absolute atomic E-state index is 12.8. The van der Waals surface area contributed by atoms with Gasteiger partial charge in [-0.05, 0) is 49.9 Å². The summed E-state index contributed by atoms with van der Waals surface area (Å²) in [7, 11) is 3.21. The first-order valence-electron chi connectivity index (χ1n) is 9.06. The molecule has 1 heterocycles. The number of aliphatic imine (C=N–C) groups is 1. The van der Waals surface area contributed by atoms with E-state index in [0.717, 1.165) is 51.3 Å². The van der Waals surface area contributed by atoms with Crippen LogP contribution in [0.1, 0.15) is 25.7 Å². The number of hydrogen-bond donors (Lipinski definition) is 1. The van der Waals surface area contributed by atoms with E-state index < -0.39 is 0 Å². The Morgan fingerprint density at radius 3 is 2.52 bits per heavy atom. The summed E-state index contributed by atoms with van der Waals surface area (Å²) >= 11 is 0. The van der Waals surface area contributed by atoms with Gasteiger partial charge in [0.05, 0.1) is 19.6 Å². The Balaban J connectivity index is 0.00000364. The summed E-state index contributed by atoms with van der Waals surface area (Å²) in [5.41, 5.74) is 0. The van der Waals surface area contributed by atoms with Crippen LogP contribution in [-0.2, 0) is 9.53 Å². The normalized spacial score (nSPS) is 15.1. The number of ether oxygens (including phenoxy) is 2. The standard InChI is InChI=1S/C19H28FN3O3.HI/c1-21-19(23-12-9-15(10-13-23)18(24)25-2)22-11-3-4-14-26-17-7-5-16(20)6-8-17;/h5-8,15H,3-4,9-14H2,1-2H3,(H,21,22);1H. The molecule has 27 heavy (non-hydrogen) atoms. The quantitative estimate of drug-likeness (QED) is 0.208. The maximum Gasteiger partial charge on any atom is 0.308 e. The van der Waals surface area contributed by atoms with Gasteiger partial charge in [0.25, 0.3) is 0 Å². The highest BCUT2D eigenvalue weighted by Gasteiger charge is 2.26. The van der Waals surface area contributed by atoms with Crippen molar-refractivity contribution in [3.8, 4) is 5.75 Å². The monoisotopic (exact) mass is 493 g/mol. The summed E-state index contributed by atoms with van der Waals surface area (Å²) in [6.07, 6.45) is 3.42. The number of halogens is 2. The molecular weight excluding hydrogens is 464 g/mol. The Labute approximate surface area is 177 Å². The molecule has 1 aromatic rings. The predicted octanol–water partition coefficient (Wildman–Crippen LogP) is 3.06. The highest BCUT2D eigenvalue weighted by molar-refractivity contribution is 14.0. The molecule has 0 bridgehead atoms. The molecule has 1 N–H and O–H groups in total. The van der Waals surface area contributed by atoms with Crippen molar-refractivity contribution in [1.82, 2.24) is 10.2 Å². The Morgan fingerprint density at radius 2 is 1.93 bits per heavy atom. The minimum absolute atomic E-state index is 0. The lowest BCUT2D eigenvalue weighted by Crippen LogP contribution is -2.46. The number of benzene rings is 1. The smallest absolute Gasteiger partial charge is 0.308 e. The Bertz CT molecular complexity index is 590. The van der Waals surface area contributed by atoms with E-state index in [2.05, 4.69) is 15.2 Å². The molecule has 0 aromatic heterocycles. The number of esters is 1. The maximum atomic E-state index is 12.8. The van der Waals surface area contributed by atoms with E-state index in [1.165, 1.54) is 19.2 Å². The van der Waals surface area contributed by atoms with E-state index >= 15 is 0 Å². The lowest BCUT2D eigenvalue weighted by atomic mass is 9.97. The summed E-state index contributed by atoms with van der Waals surface area (Å²) < 4.78 is 23.2. The number of unbranched alkanes of at least 4 members (excludes halogenated alkanes) is 1. The highest BCUT2D eigenvalue weighted by atomic mass is 127. The molecule has 0 atom stereocenters. The second-order valence-corrected chi connectivity index (χ2v) is 6.27. The molecule has 0 spiro atoms. The molecule has 1 aliphatic rings. The molecule has 0 unspecified atom stereocenters. The number of guanidine groups is 1. The van der Waals surface area contributed by atoms with Crippen molar-refractivity contribution in [2.75, 3.05) is 40.4 Å². The van der Waals surface area contributed by atoms with Gasteiger partial charge in [0.1, 0.15) is 11.6 Å². The lowest BCUT2D eigenvalue weighted by Gasteiger charge is -2.33. The fourth-order valence-corrected chi connectivity index (χ4v) is 2.97. The SMILES string of the molecule is CN=C(NCCCCOc1ccc(F)cc1)N1CCC(C(=O)OC)CC1.I. The number of rotatable bonds is 7. The van der Waals surface area contributed by atoms with E-state index in [-0.39, 0.29) is 41.7 Å². The molecule has 1 aliphatic heterocycles. The van der Waals surface area contributed by atoms with Gasteiger partial charge >= 0.3 is 5.97 Å². The van der Waals surface area contributed by atoms with Gasteiger partial charge in [0, 0.05) is 26.7 Å². The summed E-state index contributed by atoms with van der Waals surface area (Å²) in [4.78, 5) is 18.1. The lowest BCUT2D eigenvalue weighted by molar-refractivity contribution is -0.146. The molecule has 1 fully saturated rings. The van der Waals surface area contributed by atoms with Crippen molar-refractivity contribution >= 4 is 35.9 Å². The van der Waals surface area contributed by atoms with Crippen molar-refractivity contribution in [2.24, 2.45) is 10.9 Å². The molecule has 0 amide bonds. The average molecular weight is 493 g/mol. The molecule has 8 heteroatoms. The average Bonchev–Trinajstić information content (AvgIpc) is 2.68. The zero-order chi connectivity index (χ0) is 18.8. The van der Waals surface area contributed by atoms with Crippen LogP contribution in [0.5, 0.6) is 5.75 Å². The minimum Gasteiger partial charge on any atom is -0.494 e. The zero-order valence-electron chi connectivity index (χ0n) is 15.9. The van der Waals surface area contributed by atoms with Gasteiger partial charge in [-0.1, -0.05) is 0 Å². The molecule has 0 saturated carbocycles. The van der Waals surface area contributed by atoms with Crippen molar-refractivity contribution in [2.45, 2.75) is 25.7 Å². The molecule has 1 aromatic carbocycles. The van der Waals surface area contributed by atoms with Gasteiger partial charge in [-0.25, -0.2) is 4.39 Å². The third-order valence-electron chi connectivity index (χ3n) is 4.48. The van der Waals surface area contributed by atoms with Crippen LogP contribution in [0.3, 0.4) is 0 Å². The Hall–Kier alpha value is -1.58. The first-order chi connectivity index (χ1) is 12.6. The van der Waals surface area contributed by atoms with Crippen LogP contribution in [0, 0.1) is 11.7 Å². The molecule has 0 radical (unpaired) electrons.